The van der Waals surface area contributed by atoms with Gasteiger partial charge in [-0.05, 0) is 25.7 Å². The Morgan fingerprint density at radius 3 is 0.618 bits per heavy atom. The highest BCUT2D eigenvalue weighted by Gasteiger charge is 2.35. The second-order valence-corrected chi connectivity index (χ2v) is 18.9. The zero-order valence-electron chi connectivity index (χ0n) is 45.5. The Labute approximate surface area is 448 Å². The van der Waals surface area contributed by atoms with Crippen LogP contribution in [0.3, 0.4) is 0 Å². The average molecular weight is 1130 g/mol. The van der Waals surface area contributed by atoms with Crippen LogP contribution >= 0.6 is 0 Å². The first-order valence-electron chi connectivity index (χ1n) is 25.5. The minimum absolute atomic E-state index is 0.0152. The first kappa shape index (κ1) is 81.4. The van der Waals surface area contributed by atoms with Gasteiger partial charge in [0.2, 0.25) is 0 Å². The van der Waals surface area contributed by atoms with Gasteiger partial charge in [-0.3, -0.25) is 0 Å². The lowest BCUT2D eigenvalue weighted by Gasteiger charge is -2.34. The minimum atomic E-state index is -1.21. The molecule has 20 N–H and O–H groups in total. The van der Waals surface area contributed by atoms with Crippen molar-refractivity contribution in [1.82, 2.24) is 0 Å². The smallest absolute Gasteiger partial charge is 0.101 e. The van der Waals surface area contributed by atoms with E-state index < -0.39 is 110 Å². The molecule has 0 aromatic rings. The fraction of sp³-hybridized carbons (Fsp3) is 1.00. The van der Waals surface area contributed by atoms with Gasteiger partial charge in [0.15, 0.2) is 0 Å². The third-order valence-corrected chi connectivity index (χ3v) is 11.6. The van der Waals surface area contributed by atoms with Gasteiger partial charge in [-0.25, -0.2) is 0 Å². The quantitative estimate of drug-likeness (QED) is 0.0269. The van der Waals surface area contributed by atoms with E-state index in [0.717, 1.165) is 0 Å². The fourth-order valence-corrected chi connectivity index (χ4v) is 5.06. The second kappa shape index (κ2) is 52.0. The van der Waals surface area contributed by atoms with Gasteiger partial charge in [0, 0.05) is 10.8 Å². The van der Waals surface area contributed by atoms with Crippen LogP contribution in [-0.2, 0) is 37.9 Å². The maximum Gasteiger partial charge on any atom is 0.101 e. The minimum Gasteiger partial charge on any atom is -0.396 e. The van der Waals surface area contributed by atoms with E-state index >= 15 is 0 Å². The summed E-state index contributed by atoms with van der Waals surface area (Å²) < 4.78 is 41.4. The van der Waals surface area contributed by atoms with E-state index in [9.17, 15) is 61.3 Å². The maximum atomic E-state index is 9.75. The van der Waals surface area contributed by atoms with Crippen LogP contribution in [0.15, 0.2) is 0 Å². The standard InChI is InChI=1S/C19H40O12.C16H34O9.C7H16O4.C6H14O3/c1-2-14(21)4-27-6-16(23)8-29-10-18(25)12-31-13-19(26)11-30-9-17(24)7-28-5-15(22)3-20;1-2-14(3-17,4-18)10-24-12-16(8-22,9-23)13-25-11-15(5-19,6-20)7-21;1-2-6(9)4-11-5-7(10)3-8;1-2-6(3-7,4-8)5-9/h14-26H,2-13H2,1H3;17-23H,2-13H2,1H3;6-10H,2-5H2,1H3;7-9H,2-5H2,1H3. The molecule has 0 aromatic carbocycles. The molecular weight excluding hydrogens is 1020 g/mol. The molecule has 0 rings (SSSR count). The molecule has 8 atom stereocenters. The first-order chi connectivity index (χ1) is 36.1. The molecule has 0 aliphatic carbocycles. The van der Waals surface area contributed by atoms with Crippen molar-refractivity contribution in [3.05, 3.63) is 0 Å². The number of ether oxygens (including phenoxy) is 8. The predicted molar refractivity (Wildman–Crippen MR) is 271 cm³/mol. The van der Waals surface area contributed by atoms with E-state index in [-0.39, 0.29) is 145 Å². The summed E-state index contributed by atoms with van der Waals surface area (Å²) in [5.74, 6) is 0. The molecule has 464 valence electrons. The van der Waals surface area contributed by atoms with Crippen LogP contribution in [0.5, 0.6) is 0 Å². The van der Waals surface area contributed by atoms with Gasteiger partial charge in [-0.15, -0.1) is 0 Å². The molecule has 0 saturated carbocycles. The van der Waals surface area contributed by atoms with Gasteiger partial charge < -0.3 is 140 Å². The van der Waals surface area contributed by atoms with Gasteiger partial charge in [0.05, 0.1) is 208 Å². The first-order valence-corrected chi connectivity index (χ1v) is 25.5. The zero-order valence-corrected chi connectivity index (χ0v) is 45.5. The van der Waals surface area contributed by atoms with Crippen molar-refractivity contribution in [2.24, 2.45) is 21.7 Å². The maximum absolute atomic E-state index is 9.75. The topological polar surface area (TPSA) is 478 Å². The van der Waals surface area contributed by atoms with Crippen LogP contribution in [0.25, 0.3) is 0 Å². The molecule has 76 heavy (non-hydrogen) atoms. The molecule has 0 aliphatic heterocycles. The van der Waals surface area contributed by atoms with E-state index in [1.165, 1.54) is 0 Å². The van der Waals surface area contributed by atoms with Gasteiger partial charge in [-0.2, -0.15) is 0 Å². The number of aliphatic hydroxyl groups is 20. The van der Waals surface area contributed by atoms with Gasteiger partial charge in [-0.1, -0.05) is 27.7 Å². The molecule has 8 unspecified atom stereocenters. The summed E-state index contributed by atoms with van der Waals surface area (Å²) in [6.45, 7) is 2.72. The molecule has 28 nitrogen and oxygen atoms in total. The molecule has 0 aliphatic rings. The fourth-order valence-electron chi connectivity index (χ4n) is 5.06. The third kappa shape index (κ3) is 41.8. The number of hydrogen-bond acceptors (Lipinski definition) is 28. The van der Waals surface area contributed by atoms with E-state index in [2.05, 4.69) is 0 Å². The van der Waals surface area contributed by atoms with Crippen LogP contribution in [0, 0.1) is 21.7 Å². The van der Waals surface area contributed by atoms with Crippen LogP contribution in [0.1, 0.15) is 53.4 Å². The van der Waals surface area contributed by atoms with E-state index in [1.54, 1.807) is 0 Å². The zero-order chi connectivity index (χ0) is 58.9. The van der Waals surface area contributed by atoms with Crippen molar-refractivity contribution in [1.29, 1.82) is 0 Å². The Morgan fingerprint density at radius 2 is 0.434 bits per heavy atom. The van der Waals surface area contributed by atoms with E-state index in [1.807, 2.05) is 27.7 Å². The summed E-state index contributed by atoms with van der Waals surface area (Å²) in [6.07, 6.45) is -4.33. The highest BCUT2D eigenvalue weighted by Crippen LogP contribution is 2.25. The normalized spacial score (nSPS) is 15.5. The number of aliphatic hydroxyl groups excluding tert-OH is 20. The lowest BCUT2D eigenvalue weighted by atomic mass is 9.87. The monoisotopic (exact) mass is 1130 g/mol. The summed E-state index contributed by atoms with van der Waals surface area (Å²) in [7, 11) is 0. The van der Waals surface area contributed by atoms with Crippen LogP contribution in [-0.4, -0.2) is 336 Å². The lowest BCUT2D eigenvalue weighted by Crippen LogP contribution is -2.44. The average Bonchev–Trinajstić information content (AvgIpc) is 3.44. The van der Waals surface area contributed by atoms with Gasteiger partial charge in [0.1, 0.15) is 36.6 Å². The molecule has 0 heterocycles. The molecular formula is C48H104O28. The Hall–Kier alpha value is -1.12. The summed E-state index contributed by atoms with van der Waals surface area (Å²) in [5.41, 5.74) is -3.80. The Bertz CT molecular complexity index is 1080. The number of rotatable bonds is 48. The van der Waals surface area contributed by atoms with Crippen LogP contribution in [0.2, 0.25) is 0 Å². The molecule has 28 heteroatoms. The van der Waals surface area contributed by atoms with Crippen LogP contribution in [0.4, 0.5) is 0 Å². The Kier molecular flexibility index (Phi) is 55.6. The SMILES string of the molecule is CCC(CO)(CO)CO.CCC(CO)(CO)COCC(CO)(CO)COCC(CO)(CO)CO.CCC(O)COCC(O)CO.CCC(O)COCC(O)COCC(O)COCC(O)COCC(O)COCC(O)CO. The summed E-state index contributed by atoms with van der Waals surface area (Å²) in [5, 5.41) is 184. The highest BCUT2D eigenvalue weighted by atomic mass is 16.5. The lowest BCUT2D eigenvalue weighted by molar-refractivity contribution is -0.123. The molecule has 0 amide bonds. The van der Waals surface area contributed by atoms with E-state index in [0.29, 0.717) is 25.7 Å². The summed E-state index contributed by atoms with van der Waals surface area (Å²) >= 11 is 0. The summed E-state index contributed by atoms with van der Waals surface area (Å²) in [4.78, 5) is 0. The van der Waals surface area contributed by atoms with Gasteiger partial charge >= 0.3 is 0 Å². The Balaban J connectivity index is -0.000000508. The predicted octanol–water partition coefficient (Wildman–Crippen LogP) is -7.54. The van der Waals surface area contributed by atoms with Crippen molar-refractivity contribution >= 4 is 0 Å². The van der Waals surface area contributed by atoms with E-state index in [4.69, 9.17) is 78.7 Å². The number of hydrogen-bond donors (Lipinski definition) is 20. The van der Waals surface area contributed by atoms with Crippen molar-refractivity contribution in [3.8, 4) is 0 Å². The molecule has 0 aromatic heterocycles. The molecule has 0 saturated heterocycles. The van der Waals surface area contributed by atoms with Crippen molar-refractivity contribution in [3.63, 3.8) is 0 Å². The van der Waals surface area contributed by atoms with Crippen molar-refractivity contribution in [2.45, 2.75) is 102 Å². The van der Waals surface area contributed by atoms with Crippen molar-refractivity contribution in [2.75, 3.05) is 185 Å². The third-order valence-electron chi connectivity index (χ3n) is 11.6. The van der Waals surface area contributed by atoms with Gasteiger partial charge in [0.25, 0.3) is 0 Å². The van der Waals surface area contributed by atoms with Crippen LogP contribution < -0.4 is 0 Å². The Morgan fingerprint density at radius 1 is 0.237 bits per heavy atom. The highest BCUT2D eigenvalue weighted by molar-refractivity contribution is 4.82. The summed E-state index contributed by atoms with van der Waals surface area (Å²) in [6, 6.07) is 0. The van der Waals surface area contributed by atoms with Crippen molar-refractivity contribution < 1.29 is 140 Å². The molecule has 0 radical (unpaired) electrons. The largest absolute Gasteiger partial charge is 0.396 e. The second-order valence-electron chi connectivity index (χ2n) is 18.9. The molecule has 0 bridgehead atoms. The molecule has 0 spiro atoms. The molecule has 0 fully saturated rings.